The number of nitrogens with two attached hydrogens (primary N) is 1. The number of hydrogen-bond donors (Lipinski definition) is 2. The van der Waals surface area contributed by atoms with E-state index in [4.69, 9.17) is 5.73 Å². The van der Waals surface area contributed by atoms with Gasteiger partial charge in [-0.3, -0.25) is 4.79 Å². The molecule has 0 aromatic heterocycles. The molecule has 1 heterocycles. The zero-order valence-corrected chi connectivity index (χ0v) is 11.6. The van der Waals surface area contributed by atoms with Crippen LogP contribution in [0.2, 0.25) is 0 Å². The molecule has 1 saturated heterocycles. The monoisotopic (exact) mass is 261 g/mol. The molecule has 0 bridgehead atoms. The highest BCUT2D eigenvalue weighted by Gasteiger charge is 2.19. The molecule has 1 aromatic rings. The summed E-state index contributed by atoms with van der Waals surface area (Å²) < 4.78 is 0. The summed E-state index contributed by atoms with van der Waals surface area (Å²) in [7, 11) is 0. The van der Waals surface area contributed by atoms with Gasteiger partial charge < -0.3 is 16.0 Å². The Kier molecular flexibility index (Phi) is 4.80. The van der Waals surface area contributed by atoms with Crippen molar-refractivity contribution < 1.29 is 4.79 Å². The molecule has 0 saturated carbocycles. The number of carbonyl (C=O) groups is 1. The number of benzene rings is 1. The lowest BCUT2D eigenvalue weighted by Gasteiger charge is -2.32. The van der Waals surface area contributed by atoms with Crippen molar-refractivity contribution in [2.24, 2.45) is 0 Å². The maximum absolute atomic E-state index is 11.0. The Morgan fingerprint density at radius 2 is 1.95 bits per heavy atom. The predicted molar refractivity (Wildman–Crippen MR) is 77.8 cm³/mol. The predicted octanol–water partition coefficient (Wildman–Crippen LogP) is 1.41. The van der Waals surface area contributed by atoms with E-state index in [9.17, 15) is 4.79 Å². The van der Waals surface area contributed by atoms with Gasteiger partial charge in [-0.2, -0.15) is 0 Å². The minimum Gasteiger partial charge on any atom is -0.399 e. The van der Waals surface area contributed by atoms with Gasteiger partial charge in [-0.25, -0.2) is 0 Å². The summed E-state index contributed by atoms with van der Waals surface area (Å²) in [5.74, 6) is 0.0836. The Morgan fingerprint density at radius 3 is 2.53 bits per heavy atom. The molecule has 4 heteroatoms. The number of hydrogen-bond acceptors (Lipinski definition) is 3. The molecule has 4 nitrogen and oxygen atoms in total. The number of nitrogens with one attached hydrogen (secondary N) is 1. The maximum atomic E-state index is 11.0. The number of piperidine rings is 1. The molecule has 0 radical (unpaired) electrons. The van der Waals surface area contributed by atoms with E-state index in [0.29, 0.717) is 6.04 Å². The first-order valence-electron chi connectivity index (χ1n) is 6.97. The standard InChI is InChI=1S/C15H23N3O/c1-12(19)17-15-7-10-18(11-8-15)9-6-13-2-4-14(16)5-3-13/h2-5,15H,6-11,16H2,1H3,(H,17,19). The zero-order chi connectivity index (χ0) is 13.7. The van der Waals surface area contributed by atoms with Crippen molar-refractivity contribution in [2.75, 3.05) is 25.4 Å². The van der Waals surface area contributed by atoms with Gasteiger partial charge in [0.15, 0.2) is 0 Å². The van der Waals surface area contributed by atoms with Gasteiger partial charge in [0.25, 0.3) is 0 Å². The van der Waals surface area contributed by atoms with E-state index in [1.807, 2.05) is 12.1 Å². The van der Waals surface area contributed by atoms with Crippen molar-refractivity contribution in [3.63, 3.8) is 0 Å². The van der Waals surface area contributed by atoms with Crippen LogP contribution in [0.1, 0.15) is 25.3 Å². The molecule has 0 unspecified atom stereocenters. The molecule has 1 fully saturated rings. The minimum absolute atomic E-state index is 0.0836. The summed E-state index contributed by atoms with van der Waals surface area (Å²) in [6, 6.07) is 8.47. The minimum atomic E-state index is 0.0836. The van der Waals surface area contributed by atoms with Crippen LogP contribution in [0.3, 0.4) is 0 Å². The molecule has 2 rings (SSSR count). The highest BCUT2D eigenvalue weighted by Crippen LogP contribution is 2.12. The van der Waals surface area contributed by atoms with Gasteiger partial charge in [0.1, 0.15) is 0 Å². The number of nitrogen functional groups attached to an aromatic ring is 1. The number of anilines is 1. The first kappa shape index (κ1) is 13.9. The van der Waals surface area contributed by atoms with E-state index < -0.39 is 0 Å². The van der Waals surface area contributed by atoms with Crippen molar-refractivity contribution in [1.29, 1.82) is 0 Å². The number of amides is 1. The maximum Gasteiger partial charge on any atom is 0.217 e. The Morgan fingerprint density at radius 1 is 1.32 bits per heavy atom. The van der Waals surface area contributed by atoms with Gasteiger partial charge in [-0.05, 0) is 37.0 Å². The van der Waals surface area contributed by atoms with Crippen LogP contribution >= 0.6 is 0 Å². The molecular formula is C15H23N3O. The smallest absolute Gasteiger partial charge is 0.217 e. The topological polar surface area (TPSA) is 58.4 Å². The van der Waals surface area contributed by atoms with Crippen LogP contribution in [-0.4, -0.2) is 36.5 Å². The highest BCUT2D eigenvalue weighted by atomic mass is 16.1. The normalized spacial score (nSPS) is 17.3. The van der Waals surface area contributed by atoms with Gasteiger partial charge in [0, 0.05) is 38.3 Å². The summed E-state index contributed by atoms with van der Waals surface area (Å²) in [6.45, 7) is 4.81. The van der Waals surface area contributed by atoms with Gasteiger partial charge in [0.2, 0.25) is 5.91 Å². The number of carbonyl (C=O) groups excluding carboxylic acids is 1. The van der Waals surface area contributed by atoms with E-state index in [0.717, 1.165) is 44.6 Å². The average Bonchev–Trinajstić information content (AvgIpc) is 2.39. The highest BCUT2D eigenvalue weighted by molar-refractivity contribution is 5.73. The summed E-state index contributed by atoms with van der Waals surface area (Å²) in [5, 5.41) is 3.00. The van der Waals surface area contributed by atoms with Crippen LogP contribution in [0.15, 0.2) is 24.3 Å². The van der Waals surface area contributed by atoms with E-state index in [1.165, 1.54) is 5.56 Å². The van der Waals surface area contributed by atoms with Gasteiger partial charge >= 0.3 is 0 Å². The molecule has 1 amide bonds. The SMILES string of the molecule is CC(=O)NC1CCN(CCc2ccc(N)cc2)CC1. The lowest BCUT2D eigenvalue weighted by atomic mass is 10.0. The fraction of sp³-hybridized carbons (Fsp3) is 0.533. The lowest BCUT2D eigenvalue weighted by Crippen LogP contribution is -2.44. The summed E-state index contributed by atoms with van der Waals surface area (Å²) in [6.07, 6.45) is 3.17. The molecule has 1 aromatic carbocycles. The molecule has 19 heavy (non-hydrogen) atoms. The second-order valence-electron chi connectivity index (χ2n) is 5.31. The van der Waals surface area contributed by atoms with Crippen LogP contribution in [0.4, 0.5) is 5.69 Å². The molecular weight excluding hydrogens is 238 g/mol. The van der Waals surface area contributed by atoms with Crippen LogP contribution in [0.25, 0.3) is 0 Å². The zero-order valence-electron chi connectivity index (χ0n) is 11.6. The Bertz CT molecular complexity index is 408. The molecule has 104 valence electrons. The van der Waals surface area contributed by atoms with Crippen molar-refractivity contribution in [2.45, 2.75) is 32.2 Å². The Balaban J connectivity index is 1.71. The molecule has 1 aliphatic rings. The molecule has 0 spiro atoms. The summed E-state index contributed by atoms with van der Waals surface area (Å²) in [5.41, 5.74) is 7.83. The van der Waals surface area contributed by atoms with Crippen molar-refractivity contribution in [3.05, 3.63) is 29.8 Å². The van der Waals surface area contributed by atoms with Gasteiger partial charge in [0.05, 0.1) is 0 Å². The van der Waals surface area contributed by atoms with Gasteiger partial charge in [-0.15, -0.1) is 0 Å². The van der Waals surface area contributed by atoms with Crippen LogP contribution < -0.4 is 11.1 Å². The third-order valence-electron chi connectivity index (χ3n) is 3.69. The van der Waals surface area contributed by atoms with E-state index in [-0.39, 0.29) is 5.91 Å². The van der Waals surface area contributed by atoms with Gasteiger partial charge in [-0.1, -0.05) is 12.1 Å². The lowest BCUT2D eigenvalue weighted by molar-refractivity contribution is -0.119. The Hall–Kier alpha value is -1.55. The van der Waals surface area contributed by atoms with Crippen LogP contribution in [-0.2, 0) is 11.2 Å². The van der Waals surface area contributed by atoms with E-state index >= 15 is 0 Å². The Labute approximate surface area is 115 Å². The van der Waals surface area contributed by atoms with E-state index in [2.05, 4.69) is 22.3 Å². The number of nitrogens with zero attached hydrogens (tertiary/aromatic N) is 1. The number of rotatable bonds is 4. The second-order valence-corrected chi connectivity index (χ2v) is 5.31. The van der Waals surface area contributed by atoms with Crippen molar-refractivity contribution >= 4 is 11.6 Å². The summed E-state index contributed by atoms with van der Waals surface area (Å²) in [4.78, 5) is 13.5. The largest absolute Gasteiger partial charge is 0.399 e. The third kappa shape index (κ3) is 4.56. The molecule has 1 aliphatic heterocycles. The first-order chi connectivity index (χ1) is 9.13. The molecule has 0 atom stereocenters. The van der Waals surface area contributed by atoms with Crippen LogP contribution in [0.5, 0.6) is 0 Å². The fourth-order valence-electron chi connectivity index (χ4n) is 2.56. The first-order valence-corrected chi connectivity index (χ1v) is 6.97. The second kappa shape index (κ2) is 6.57. The third-order valence-corrected chi connectivity index (χ3v) is 3.69. The molecule has 0 aliphatic carbocycles. The summed E-state index contributed by atoms with van der Waals surface area (Å²) >= 11 is 0. The van der Waals surface area contributed by atoms with Crippen molar-refractivity contribution in [3.8, 4) is 0 Å². The molecule has 3 N–H and O–H groups in total. The fourth-order valence-corrected chi connectivity index (χ4v) is 2.56. The average molecular weight is 261 g/mol. The van der Waals surface area contributed by atoms with E-state index in [1.54, 1.807) is 6.92 Å². The number of likely N-dealkylation sites (tertiary alicyclic amines) is 1. The van der Waals surface area contributed by atoms with Crippen LogP contribution in [0, 0.1) is 0 Å². The quantitative estimate of drug-likeness (QED) is 0.806. The van der Waals surface area contributed by atoms with Crippen molar-refractivity contribution in [1.82, 2.24) is 10.2 Å².